The largest absolute Gasteiger partial charge is 0.379 e. The number of nitrogens with one attached hydrogen (secondary N) is 2. The van der Waals surface area contributed by atoms with Crippen molar-refractivity contribution in [2.45, 2.75) is 44.8 Å². The summed E-state index contributed by atoms with van der Waals surface area (Å²) in [6.07, 6.45) is 4.62. The Morgan fingerprint density at radius 3 is 2.95 bits per heavy atom. The highest BCUT2D eigenvalue weighted by Gasteiger charge is 2.33. The van der Waals surface area contributed by atoms with Gasteiger partial charge in [-0.2, -0.15) is 0 Å². The number of hydrogen-bond donors (Lipinski definition) is 2. The van der Waals surface area contributed by atoms with Crippen LogP contribution in [0.15, 0.2) is 0 Å². The van der Waals surface area contributed by atoms with Crippen LogP contribution in [0.3, 0.4) is 0 Å². The zero-order chi connectivity index (χ0) is 13.5. The van der Waals surface area contributed by atoms with Gasteiger partial charge in [0.05, 0.1) is 25.2 Å². The molecule has 2 rings (SSSR count). The molecule has 0 aromatic carbocycles. The second-order valence-electron chi connectivity index (χ2n) is 5.42. The summed E-state index contributed by atoms with van der Waals surface area (Å²) in [5, 5.41) is 6.40. The molecule has 2 heterocycles. The van der Waals surface area contributed by atoms with Crippen LogP contribution >= 0.6 is 0 Å². The summed E-state index contributed by atoms with van der Waals surface area (Å²) in [6.45, 7) is 5.82. The summed E-state index contributed by atoms with van der Waals surface area (Å²) in [4.78, 5) is 12.1. The molecule has 3 atom stereocenters. The van der Waals surface area contributed by atoms with Crippen LogP contribution in [-0.2, 0) is 14.3 Å². The first kappa shape index (κ1) is 14.8. The highest BCUT2D eigenvalue weighted by molar-refractivity contribution is 5.79. The third kappa shape index (κ3) is 4.44. The van der Waals surface area contributed by atoms with E-state index >= 15 is 0 Å². The predicted octanol–water partition coefficient (Wildman–Crippen LogP) is 0.686. The normalized spacial score (nSPS) is 30.7. The van der Waals surface area contributed by atoms with Crippen molar-refractivity contribution in [1.82, 2.24) is 10.6 Å². The van der Waals surface area contributed by atoms with Gasteiger partial charge in [-0.25, -0.2) is 0 Å². The van der Waals surface area contributed by atoms with Crippen LogP contribution < -0.4 is 10.6 Å². The lowest BCUT2D eigenvalue weighted by molar-refractivity contribution is -0.125. The van der Waals surface area contributed by atoms with Crippen LogP contribution in [0.5, 0.6) is 0 Å². The molecule has 2 saturated heterocycles. The van der Waals surface area contributed by atoms with Crippen LogP contribution in [0.25, 0.3) is 0 Å². The third-order valence-electron chi connectivity index (χ3n) is 3.86. The molecule has 110 valence electrons. The molecule has 0 aliphatic carbocycles. The number of hydrogen-bond acceptors (Lipinski definition) is 4. The molecule has 1 amide bonds. The lowest BCUT2D eigenvalue weighted by atomic mass is 10.0. The van der Waals surface area contributed by atoms with E-state index in [0.717, 1.165) is 38.8 Å². The Kier molecular flexibility index (Phi) is 6.07. The summed E-state index contributed by atoms with van der Waals surface area (Å²) in [5.41, 5.74) is 0. The van der Waals surface area contributed by atoms with Crippen molar-refractivity contribution in [1.29, 1.82) is 0 Å². The maximum Gasteiger partial charge on any atom is 0.227 e. The van der Waals surface area contributed by atoms with Crippen LogP contribution in [0.1, 0.15) is 32.6 Å². The van der Waals surface area contributed by atoms with Gasteiger partial charge in [-0.3, -0.25) is 4.79 Å². The Labute approximate surface area is 115 Å². The van der Waals surface area contributed by atoms with Crippen molar-refractivity contribution in [3.63, 3.8) is 0 Å². The van der Waals surface area contributed by atoms with Crippen LogP contribution in [0, 0.1) is 5.92 Å². The number of ether oxygens (including phenoxy) is 2. The Bertz CT molecular complexity index is 280. The van der Waals surface area contributed by atoms with E-state index in [4.69, 9.17) is 9.47 Å². The highest BCUT2D eigenvalue weighted by Crippen LogP contribution is 2.16. The maximum atomic E-state index is 12.1. The first-order valence-corrected chi connectivity index (χ1v) is 7.51. The molecular weight excluding hydrogens is 244 g/mol. The Morgan fingerprint density at radius 1 is 1.32 bits per heavy atom. The summed E-state index contributed by atoms with van der Waals surface area (Å²) in [7, 11) is 0. The van der Waals surface area contributed by atoms with E-state index in [-0.39, 0.29) is 17.9 Å². The van der Waals surface area contributed by atoms with Crippen molar-refractivity contribution in [2.24, 2.45) is 5.92 Å². The zero-order valence-corrected chi connectivity index (χ0v) is 11.8. The van der Waals surface area contributed by atoms with Crippen molar-refractivity contribution in [2.75, 3.05) is 32.9 Å². The molecule has 2 aliphatic rings. The van der Waals surface area contributed by atoms with Gasteiger partial charge in [-0.05, 0) is 32.2 Å². The van der Waals surface area contributed by atoms with Crippen molar-refractivity contribution < 1.29 is 14.3 Å². The van der Waals surface area contributed by atoms with Gasteiger partial charge in [0.25, 0.3) is 0 Å². The molecule has 3 unspecified atom stereocenters. The number of carbonyl (C=O) groups is 1. The number of rotatable bonds is 7. The molecule has 0 spiro atoms. The van der Waals surface area contributed by atoms with Crippen LogP contribution in [-0.4, -0.2) is 51.0 Å². The van der Waals surface area contributed by atoms with E-state index < -0.39 is 0 Å². The second-order valence-corrected chi connectivity index (χ2v) is 5.42. The second kappa shape index (κ2) is 7.82. The van der Waals surface area contributed by atoms with Gasteiger partial charge >= 0.3 is 0 Å². The number of carbonyl (C=O) groups excluding carboxylic acids is 1. The third-order valence-corrected chi connectivity index (χ3v) is 3.86. The van der Waals surface area contributed by atoms with E-state index in [0.29, 0.717) is 25.9 Å². The lowest BCUT2D eigenvalue weighted by Crippen LogP contribution is -2.44. The summed E-state index contributed by atoms with van der Waals surface area (Å²) in [6, 6.07) is 0.169. The smallest absolute Gasteiger partial charge is 0.227 e. The molecule has 2 aliphatic heterocycles. The Morgan fingerprint density at radius 2 is 2.21 bits per heavy atom. The molecule has 5 heteroatoms. The van der Waals surface area contributed by atoms with Gasteiger partial charge in [0, 0.05) is 19.2 Å². The molecule has 0 radical (unpaired) electrons. The minimum absolute atomic E-state index is 0.0453. The van der Waals surface area contributed by atoms with Crippen LogP contribution in [0.4, 0.5) is 0 Å². The van der Waals surface area contributed by atoms with E-state index in [2.05, 4.69) is 17.6 Å². The Hall–Kier alpha value is -0.650. The molecular formula is C14H26N2O3. The summed E-state index contributed by atoms with van der Waals surface area (Å²) in [5.74, 6) is 0.0696. The quantitative estimate of drug-likeness (QED) is 0.714. The fourth-order valence-electron chi connectivity index (χ4n) is 2.70. The fraction of sp³-hybridized carbons (Fsp3) is 0.929. The summed E-state index contributed by atoms with van der Waals surface area (Å²) >= 11 is 0. The molecule has 19 heavy (non-hydrogen) atoms. The predicted molar refractivity (Wildman–Crippen MR) is 73.0 cm³/mol. The first-order valence-electron chi connectivity index (χ1n) is 7.51. The van der Waals surface area contributed by atoms with Gasteiger partial charge in [-0.15, -0.1) is 0 Å². The molecule has 5 nitrogen and oxygen atoms in total. The topological polar surface area (TPSA) is 59.6 Å². The zero-order valence-electron chi connectivity index (χ0n) is 11.8. The maximum absolute atomic E-state index is 12.1. The van der Waals surface area contributed by atoms with E-state index in [1.165, 1.54) is 0 Å². The average molecular weight is 270 g/mol. The Balaban J connectivity index is 1.66. The molecule has 0 aromatic heterocycles. The minimum atomic E-state index is -0.0453. The molecule has 0 saturated carbocycles. The summed E-state index contributed by atoms with van der Waals surface area (Å²) < 4.78 is 11.0. The molecule has 0 aromatic rings. The van der Waals surface area contributed by atoms with Crippen molar-refractivity contribution in [3.05, 3.63) is 0 Å². The van der Waals surface area contributed by atoms with E-state index in [1.807, 2.05) is 0 Å². The van der Waals surface area contributed by atoms with Gasteiger partial charge in [0.1, 0.15) is 0 Å². The van der Waals surface area contributed by atoms with Gasteiger partial charge in [0.2, 0.25) is 5.91 Å². The SMILES string of the molecule is CCCNC1COCC1C(=O)NCCC1CCCO1. The number of amides is 1. The van der Waals surface area contributed by atoms with Gasteiger partial charge in [-0.1, -0.05) is 6.92 Å². The minimum Gasteiger partial charge on any atom is -0.379 e. The molecule has 2 N–H and O–H groups in total. The molecule has 0 bridgehead atoms. The molecule has 2 fully saturated rings. The first-order chi connectivity index (χ1) is 9.31. The van der Waals surface area contributed by atoms with Crippen LogP contribution in [0.2, 0.25) is 0 Å². The van der Waals surface area contributed by atoms with Gasteiger partial charge < -0.3 is 20.1 Å². The van der Waals surface area contributed by atoms with Crippen molar-refractivity contribution in [3.8, 4) is 0 Å². The monoisotopic (exact) mass is 270 g/mol. The highest BCUT2D eigenvalue weighted by atomic mass is 16.5. The standard InChI is InChI=1S/C14H26N2O3/c1-2-6-15-13-10-18-9-12(13)14(17)16-7-5-11-4-3-8-19-11/h11-13,15H,2-10H2,1H3,(H,16,17). The van der Waals surface area contributed by atoms with E-state index in [9.17, 15) is 4.79 Å². The van der Waals surface area contributed by atoms with Gasteiger partial charge in [0.15, 0.2) is 0 Å². The van der Waals surface area contributed by atoms with E-state index in [1.54, 1.807) is 0 Å². The lowest BCUT2D eigenvalue weighted by Gasteiger charge is -2.19. The fourth-order valence-corrected chi connectivity index (χ4v) is 2.70. The average Bonchev–Trinajstić information content (AvgIpc) is 3.07. The van der Waals surface area contributed by atoms with Crippen molar-refractivity contribution >= 4 is 5.91 Å².